The molecular formula is C15H12BrClO. The van der Waals surface area contributed by atoms with E-state index in [1.807, 2.05) is 37.3 Å². The third-order valence-corrected chi connectivity index (χ3v) is 3.64. The maximum atomic E-state index is 12.2. The molecule has 0 heterocycles. The van der Waals surface area contributed by atoms with Crippen molar-refractivity contribution in [1.29, 1.82) is 0 Å². The van der Waals surface area contributed by atoms with Crippen LogP contribution in [0.4, 0.5) is 0 Å². The molecule has 0 spiro atoms. The Bertz CT molecular complexity index is 576. The van der Waals surface area contributed by atoms with Gasteiger partial charge >= 0.3 is 0 Å². The first-order valence-electron chi connectivity index (χ1n) is 5.60. The summed E-state index contributed by atoms with van der Waals surface area (Å²) in [4.78, 5) is 12.2. The van der Waals surface area contributed by atoms with Crippen molar-refractivity contribution in [3.8, 4) is 0 Å². The number of rotatable bonds is 3. The van der Waals surface area contributed by atoms with Gasteiger partial charge in [-0.3, -0.25) is 4.79 Å². The normalized spacial score (nSPS) is 10.4. The highest BCUT2D eigenvalue weighted by Gasteiger charge is 2.11. The number of Topliss-reactive ketones (excluding diaryl/α,β-unsaturated/α-hetero) is 1. The molecule has 18 heavy (non-hydrogen) atoms. The lowest BCUT2D eigenvalue weighted by molar-refractivity contribution is 0.0992. The van der Waals surface area contributed by atoms with E-state index in [1.54, 1.807) is 12.1 Å². The summed E-state index contributed by atoms with van der Waals surface area (Å²) in [5.74, 6) is 0.105. The zero-order valence-corrected chi connectivity index (χ0v) is 12.3. The Morgan fingerprint density at radius 1 is 1.17 bits per heavy atom. The highest BCUT2D eigenvalue weighted by atomic mass is 79.9. The van der Waals surface area contributed by atoms with Gasteiger partial charge in [0.15, 0.2) is 5.78 Å². The largest absolute Gasteiger partial charge is 0.294 e. The van der Waals surface area contributed by atoms with Gasteiger partial charge in [0, 0.05) is 21.5 Å². The van der Waals surface area contributed by atoms with Gasteiger partial charge in [0.1, 0.15) is 0 Å². The molecule has 0 aromatic heterocycles. The lowest BCUT2D eigenvalue weighted by atomic mass is 10.0. The molecule has 0 amide bonds. The minimum absolute atomic E-state index is 0.105. The van der Waals surface area contributed by atoms with Crippen LogP contribution in [0.15, 0.2) is 46.9 Å². The van der Waals surface area contributed by atoms with Crippen LogP contribution in [0.5, 0.6) is 0 Å². The molecule has 0 fully saturated rings. The fraction of sp³-hybridized carbons (Fsp3) is 0.133. The standard InChI is InChI=1S/C15H12BrClO/c1-10-2-7-14(16)13(8-10)15(18)9-11-3-5-12(17)6-4-11/h2-8H,9H2,1H3. The Hall–Kier alpha value is -1.12. The number of hydrogen-bond donors (Lipinski definition) is 0. The number of carbonyl (C=O) groups excluding carboxylic acids is 1. The summed E-state index contributed by atoms with van der Waals surface area (Å²) >= 11 is 9.23. The minimum Gasteiger partial charge on any atom is -0.294 e. The van der Waals surface area contributed by atoms with E-state index in [0.29, 0.717) is 11.4 Å². The molecule has 0 saturated heterocycles. The Morgan fingerprint density at radius 2 is 1.83 bits per heavy atom. The summed E-state index contributed by atoms with van der Waals surface area (Å²) < 4.78 is 0.840. The number of ketones is 1. The molecule has 0 saturated carbocycles. The van der Waals surface area contributed by atoms with Crippen LogP contribution in [0.1, 0.15) is 21.5 Å². The molecule has 2 rings (SSSR count). The molecule has 0 bridgehead atoms. The maximum Gasteiger partial charge on any atom is 0.168 e. The molecule has 0 aliphatic rings. The number of halogens is 2. The van der Waals surface area contributed by atoms with Gasteiger partial charge in [-0.15, -0.1) is 0 Å². The third kappa shape index (κ3) is 3.21. The number of hydrogen-bond acceptors (Lipinski definition) is 1. The second kappa shape index (κ2) is 5.68. The molecule has 2 aromatic carbocycles. The van der Waals surface area contributed by atoms with E-state index < -0.39 is 0 Å². The molecule has 0 unspecified atom stereocenters. The van der Waals surface area contributed by atoms with Crippen molar-refractivity contribution in [2.24, 2.45) is 0 Å². The number of aryl methyl sites for hydroxylation is 1. The second-order valence-corrected chi connectivity index (χ2v) is 5.50. The lowest BCUT2D eigenvalue weighted by Gasteiger charge is -2.05. The van der Waals surface area contributed by atoms with Crippen LogP contribution >= 0.6 is 27.5 Å². The molecule has 3 heteroatoms. The molecule has 0 atom stereocenters. The van der Waals surface area contributed by atoms with E-state index in [0.717, 1.165) is 21.2 Å². The summed E-state index contributed by atoms with van der Waals surface area (Å²) in [7, 11) is 0. The Morgan fingerprint density at radius 3 is 2.50 bits per heavy atom. The lowest BCUT2D eigenvalue weighted by Crippen LogP contribution is -2.04. The molecule has 2 aromatic rings. The summed E-state index contributed by atoms with van der Waals surface area (Å²) in [5.41, 5.74) is 2.78. The monoisotopic (exact) mass is 322 g/mol. The first-order valence-corrected chi connectivity index (χ1v) is 6.77. The van der Waals surface area contributed by atoms with Gasteiger partial charge in [-0.1, -0.05) is 51.3 Å². The molecule has 0 aliphatic carbocycles. The average Bonchev–Trinajstić information content (AvgIpc) is 2.35. The van der Waals surface area contributed by atoms with Crippen molar-refractivity contribution < 1.29 is 4.79 Å². The van der Waals surface area contributed by atoms with Crippen molar-refractivity contribution in [3.63, 3.8) is 0 Å². The van der Waals surface area contributed by atoms with Crippen molar-refractivity contribution in [1.82, 2.24) is 0 Å². The van der Waals surface area contributed by atoms with E-state index in [9.17, 15) is 4.79 Å². The van der Waals surface area contributed by atoms with Crippen molar-refractivity contribution >= 4 is 33.3 Å². The zero-order valence-electron chi connectivity index (χ0n) is 9.91. The van der Waals surface area contributed by atoms with Gasteiger partial charge in [0.2, 0.25) is 0 Å². The predicted octanol–water partition coefficient (Wildman–Crippen LogP) is 4.84. The summed E-state index contributed by atoms with van der Waals surface area (Å²) in [6.07, 6.45) is 0.388. The molecule has 92 valence electrons. The first kappa shape index (κ1) is 13.3. The Balaban J connectivity index is 2.21. The zero-order chi connectivity index (χ0) is 13.1. The van der Waals surface area contributed by atoms with Crippen molar-refractivity contribution in [2.45, 2.75) is 13.3 Å². The van der Waals surface area contributed by atoms with Gasteiger partial charge in [0.25, 0.3) is 0 Å². The molecule has 1 nitrogen and oxygen atoms in total. The number of benzene rings is 2. The Kier molecular flexibility index (Phi) is 4.20. The Labute approximate surface area is 120 Å². The molecule has 0 N–H and O–H groups in total. The third-order valence-electron chi connectivity index (χ3n) is 2.70. The van der Waals surface area contributed by atoms with Crippen LogP contribution in [0.3, 0.4) is 0 Å². The summed E-state index contributed by atoms with van der Waals surface area (Å²) in [6, 6.07) is 13.1. The second-order valence-electron chi connectivity index (χ2n) is 4.21. The highest BCUT2D eigenvalue weighted by Crippen LogP contribution is 2.20. The van der Waals surface area contributed by atoms with Crippen LogP contribution in [0.2, 0.25) is 5.02 Å². The van der Waals surface area contributed by atoms with Gasteiger partial charge in [0.05, 0.1) is 0 Å². The van der Waals surface area contributed by atoms with Crippen LogP contribution in [0.25, 0.3) is 0 Å². The van der Waals surface area contributed by atoms with Crippen LogP contribution in [-0.4, -0.2) is 5.78 Å². The fourth-order valence-electron chi connectivity index (χ4n) is 1.74. The van der Waals surface area contributed by atoms with Crippen LogP contribution in [-0.2, 0) is 6.42 Å². The molecule has 0 aliphatic heterocycles. The minimum atomic E-state index is 0.105. The summed E-state index contributed by atoms with van der Waals surface area (Å²) in [6.45, 7) is 1.98. The highest BCUT2D eigenvalue weighted by molar-refractivity contribution is 9.10. The van der Waals surface area contributed by atoms with Crippen LogP contribution in [0, 0.1) is 6.92 Å². The van der Waals surface area contributed by atoms with Crippen LogP contribution < -0.4 is 0 Å². The van der Waals surface area contributed by atoms with Gasteiger partial charge < -0.3 is 0 Å². The van der Waals surface area contributed by atoms with Crippen molar-refractivity contribution in [2.75, 3.05) is 0 Å². The predicted molar refractivity (Wildman–Crippen MR) is 78.4 cm³/mol. The SMILES string of the molecule is Cc1ccc(Br)c(C(=O)Cc2ccc(Cl)cc2)c1. The molecular weight excluding hydrogens is 312 g/mol. The fourth-order valence-corrected chi connectivity index (χ4v) is 2.33. The van der Waals surface area contributed by atoms with E-state index in [2.05, 4.69) is 15.9 Å². The topological polar surface area (TPSA) is 17.1 Å². The van der Waals surface area contributed by atoms with Gasteiger partial charge in [-0.2, -0.15) is 0 Å². The maximum absolute atomic E-state index is 12.2. The van der Waals surface area contributed by atoms with E-state index in [1.165, 1.54) is 0 Å². The van der Waals surface area contributed by atoms with E-state index in [-0.39, 0.29) is 5.78 Å². The molecule has 0 radical (unpaired) electrons. The van der Waals surface area contributed by atoms with E-state index in [4.69, 9.17) is 11.6 Å². The quantitative estimate of drug-likeness (QED) is 0.739. The summed E-state index contributed by atoms with van der Waals surface area (Å²) in [5, 5.41) is 0.683. The first-order chi connectivity index (χ1) is 8.56. The average molecular weight is 324 g/mol. The smallest absolute Gasteiger partial charge is 0.168 e. The van der Waals surface area contributed by atoms with E-state index >= 15 is 0 Å². The van der Waals surface area contributed by atoms with Gasteiger partial charge in [-0.05, 0) is 36.8 Å². The number of carbonyl (C=O) groups is 1. The van der Waals surface area contributed by atoms with Gasteiger partial charge in [-0.25, -0.2) is 0 Å². The van der Waals surface area contributed by atoms with Crippen molar-refractivity contribution in [3.05, 3.63) is 68.7 Å².